The first-order valence-corrected chi connectivity index (χ1v) is 11.0. The molecule has 3 nitrogen and oxygen atoms in total. The van der Waals surface area contributed by atoms with Gasteiger partial charge in [-0.2, -0.15) is 0 Å². The maximum atomic E-state index is 13.3. The van der Waals surface area contributed by atoms with Crippen molar-refractivity contribution in [2.45, 2.75) is 45.1 Å². The van der Waals surface area contributed by atoms with Gasteiger partial charge >= 0.3 is 0 Å². The van der Waals surface area contributed by atoms with Crippen LogP contribution in [0.15, 0.2) is 48.5 Å². The molecule has 29 heavy (non-hydrogen) atoms. The lowest BCUT2D eigenvalue weighted by atomic mass is 9.75. The smallest absolute Gasteiger partial charge is 0.123 e. The van der Waals surface area contributed by atoms with Gasteiger partial charge in [0.1, 0.15) is 5.82 Å². The van der Waals surface area contributed by atoms with Crippen molar-refractivity contribution in [2.75, 3.05) is 37.7 Å². The van der Waals surface area contributed by atoms with E-state index in [0.717, 1.165) is 51.0 Å². The lowest BCUT2D eigenvalue weighted by Gasteiger charge is -2.47. The molecule has 2 aliphatic rings. The molecule has 2 aromatic carbocycles. The highest BCUT2D eigenvalue weighted by Crippen LogP contribution is 2.36. The zero-order valence-corrected chi connectivity index (χ0v) is 17.5. The number of piperidine rings is 2. The van der Waals surface area contributed by atoms with Crippen molar-refractivity contribution in [3.05, 3.63) is 65.5 Å². The van der Waals surface area contributed by atoms with Crippen LogP contribution in [0.5, 0.6) is 0 Å². The Morgan fingerprint density at radius 2 is 1.76 bits per heavy atom. The lowest BCUT2D eigenvalue weighted by molar-refractivity contribution is 0.00728. The van der Waals surface area contributed by atoms with E-state index < -0.39 is 0 Å². The summed E-state index contributed by atoms with van der Waals surface area (Å²) >= 11 is 0. The molecule has 156 valence electrons. The maximum Gasteiger partial charge on any atom is 0.123 e. The molecule has 0 bridgehead atoms. The molecule has 0 saturated carbocycles. The van der Waals surface area contributed by atoms with Gasteiger partial charge in [0.2, 0.25) is 0 Å². The molecule has 2 fully saturated rings. The minimum absolute atomic E-state index is 0.108. The third kappa shape index (κ3) is 4.65. The van der Waals surface area contributed by atoms with Crippen LogP contribution in [-0.4, -0.2) is 48.8 Å². The molecule has 0 radical (unpaired) electrons. The molecule has 2 aliphatic heterocycles. The molecule has 4 heteroatoms. The highest BCUT2D eigenvalue weighted by atomic mass is 19.1. The third-order valence-corrected chi connectivity index (χ3v) is 6.96. The number of benzene rings is 2. The fraction of sp³-hybridized carbons (Fsp3) is 0.520. The Kier molecular flexibility index (Phi) is 6.21. The summed E-state index contributed by atoms with van der Waals surface area (Å²) in [5, 5.41) is 10.3. The number of anilines is 1. The molecule has 1 unspecified atom stereocenters. The predicted molar refractivity (Wildman–Crippen MR) is 117 cm³/mol. The first-order chi connectivity index (χ1) is 14.1. The maximum absolute atomic E-state index is 13.3. The second-order valence-electron chi connectivity index (χ2n) is 9.04. The molecular formula is C25H33FN2O. The number of hydrogen-bond acceptors (Lipinski definition) is 3. The molecule has 4 rings (SSSR count). The Hall–Kier alpha value is -1.91. The zero-order chi connectivity index (χ0) is 20.3. The van der Waals surface area contributed by atoms with E-state index in [2.05, 4.69) is 41.0 Å². The van der Waals surface area contributed by atoms with Crippen LogP contribution in [0.3, 0.4) is 0 Å². The Morgan fingerprint density at radius 1 is 1.03 bits per heavy atom. The van der Waals surface area contributed by atoms with Crippen LogP contribution in [0.2, 0.25) is 0 Å². The summed E-state index contributed by atoms with van der Waals surface area (Å²) in [5.41, 5.74) is 3.73. The van der Waals surface area contributed by atoms with E-state index in [0.29, 0.717) is 6.04 Å². The monoisotopic (exact) mass is 396 g/mol. The zero-order valence-electron chi connectivity index (χ0n) is 17.5. The van der Waals surface area contributed by atoms with Crippen LogP contribution < -0.4 is 4.90 Å². The van der Waals surface area contributed by atoms with Crippen LogP contribution in [0.25, 0.3) is 0 Å². The molecule has 0 aromatic heterocycles. The number of aliphatic hydroxyl groups excluding tert-OH is 1. The standard InChI is InChI=1S/C25H33FN2O/c1-20-5-2-3-6-24(20)27-15-11-23(12-16-27)28-14-4-13-25(18-28,19-29)17-21-7-9-22(26)10-8-21/h2-3,5-10,23,29H,4,11-19H2,1H3. The number of nitrogens with zero attached hydrogens (tertiary/aromatic N) is 2. The molecule has 1 atom stereocenters. The van der Waals surface area contributed by atoms with E-state index in [4.69, 9.17) is 0 Å². The summed E-state index contributed by atoms with van der Waals surface area (Å²) in [7, 11) is 0. The van der Waals surface area contributed by atoms with Gasteiger partial charge in [0.25, 0.3) is 0 Å². The molecule has 1 N–H and O–H groups in total. The van der Waals surface area contributed by atoms with Crippen molar-refractivity contribution in [1.29, 1.82) is 0 Å². The summed E-state index contributed by atoms with van der Waals surface area (Å²) < 4.78 is 13.3. The summed E-state index contributed by atoms with van der Waals surface area (Å²) in [6.45, 7) is 6.64. The molecule has 2 saturated heterocycles. The van der Waals surface area contributed by atoms with Gasteiger partial charge in [-0.25, -0.2) is 4.39 Å². The van der Waals surface area contributed by atoms with Crippen molar-refractivity contribution in [3.8, 4) is 0 Å². The number of aliphatic hydroxyl groups is 1. The van der Waals surface area contributed by atoms with E-state index in [1.54, 1.807) is 0 Å². The molecule has 0 aliphatic carbocycles. The number of rotatable bonds is 5. The number of halogens is 1. The minimum Gasteiger partial charge on any atom is -0.396 e. The lowest BCUT2D eigenvalue weighted by Crippen LogP contribution is -2.53. The summed E-state index contributed by atoms with van der Waals surface area (Å²) in [4.78, 5) is 5.14. The summed E-state index contributed by atoms with van der Waals surface area (Å²) in [6.07, 6.45) is 5.33. The van der Waals surface area contributed by atoms with Crippen LogP contribution in [0.4, 0.5) is 10.1 Å². The number of hydrogen-bond donors (Lipinski definition) is 1. The highest BCUT2D eigenvalue weighted by molar-refractivity contribution is 5.53. The topological polar surface area (TPSA) is 26.7 Å². The number of para-hydroxylation sites is 1. The fourth-order valence-electron chi connectivity index (χ4n) is 5.31. The molecule has 0 amide bonds. The van der Waals surface area contributed by atoms with Gasteiger partial charge in [-0.15, -0.1) is 0 Å². The summed E-state index contributed by atoms with van der Waals surface area (Å²) in [5.74, 6) is -0.197. The molecule has 0 spiro atoms. The highest BCUT2D eigenvalue weighted by Gasteiger charge is 2.38. The van der Waals surface area contributed by atoms with Gasteiger partial charge in [-0.1, -0.05) is 30.3 Å². The van der Waals surface area contributed by atoms with Gasteiger partial charge in [-0.3, -0.25) is 4.90 Å². The second kappa shape index (κ2) is 8.85. The second-order valence-corrected chi connectivity index (χ2v) is 9.04. The Labute approximate surface area is 174 Å². The predicted octanol–water partition coefficient (Wildman–Crippen LogP) is 4.42. The van der Waals surface area contributed by atoms with Gasteiger partial charge < -0.3 is 10.0 Å². The third-order valence-electron chi connectivity index (χ3n) is 6.96. The van der Waals surface area contributed by atoms with E-state index in [-0.39, 0.29) is 17.8 Å². The summed E-state index contributed by atoms with van der Waals surface area (Å²) in [6, 6.07) is 16.0. The van der Waals surface area contributed by atoms with Gasteiger partial charge in [0.05, 0.1) is 6.61 Å². The van der Waals surface area contributed by atoms with E-state index >= 15 is 0 Å². The Bertz CT molecular complexity index is 801. The Morgan fingerprint density at radius 3 is 2.45 bits per heavy atom. The van der Waals surface area contributed by atoms with Crippen LogP contribution in [-0.2, 0) is 6.42 Å². The quantitative estimate of drug-likeness (QED) is 0.810. The van der Waals surface area contributed by atoms with E-state index in [1.165, 1.54) is 36.2 Å². The van der Waals surface area contributed by atoms with Crippen molar-refractivity contribution >= 4 is 5.69 Å². The average Bonchev–Trinajstić information content (AvgIpc) is 2.76. The van der Waals surface area contributed by atoms with Gasteiger partial charge in [-0.05, 0) is 74.9 Å². The minimum atomic E-state index is -0.197. The van der Waals surface area contributed by atoms with Crippen molar-refractivity contribution < 1.29 is 9.50 Å². The van der Waals surface area contributed by atoms with Crippen molar-refractivity contribution in [1.82, 2.24) is 4.90 Å². The molecule has 2 aromatic rings. The normalized spacial score (nSPS) is 24.0. The van der Waals surface area contributed by atoms with Crippen molar-refractivity contribution in [3.63, 3.8) is 0 Å². The molecule has 2 heterocycles. The Balaban J connectivity index is 1.39. The molecular weight excluding hydrogens is 363 g/mol. The van der Waals surface area contributed by atoms with Gasteiger partial charge in [0.15, 0.2) is 0 Å². The number of aryl methyl sites for hydroxylation is 1. The van der Waals surface area contributed by atoms with Crippen molar-refractivity contribution in [2.24, 2.45) is 5.41 Å². The van der Waals surface area contributed by atoms with Crippen LogP contribution in [0, 0.1) is 18.2 Å². The average molecular weight is 397 g/mol. The van der Waals surface area contributed by atoms with E-state index in [1.807, 2.05) is 12.1 Å². The fourth-order valence-corrected chi connectivity index (χ4v) is 5.31. The van der Waals surface area contributed by atoms with Crippen LogP contribution in [0.1, 0.15) is 36.8 Å². The number of likely N-dealkylation sites (tertiary alicyclic amines) is 1. The SMILES string of the molecule is Cc1ccccc1N1CCC(N2CCCC(CO)(Cc3ccc(F)cc3)C2)CC1. The first kappa shape index (κ1) is 20.4. The largest absolute Gasteiger partial charge is 0.396 e. The van der Waals surface area contributed by atoms with E-state index in [9.17, 15) is 9.50 Å². The van der Waals surface area contributed by atoms with Crippen LogP contribution >= 0.6 is 0 Å². The first-order valence-electron chi connectivity index (χ1n) is 11.0. The van der Waals surface area contributed by atoms with Gasteiger partial charge in [0, 0.05) is 36.8 Å².